The number of aliphatic hydroxyl groups excluding tert-OH is 2. The monoisotopic (exact) mass is 249 g/mol. The van der Waals surface area contributed by atoms with Crippen LogP contribution in [0.25, 0.3) is 11.0 Å². The molecule has 5 nitrogen and oxygen atoms in total. The third kappa shape index (κ3) is 2.87. The zero-order valence-corrected chi connectivity index (χ0v) is 10.6. The van der Waals surface area contributed by atoms with E-state index in [1.807, 2.05) is 32.0 Å². The van der Waals surface area contributed by atoms with Gasteiger partial charge in [-0.25, -0.2) is 4.98 Å². The van der Waals surface area contributed by atoms with Crippen LogP contribution in [0.1, 0.15) is 25.5 Å². The summed E-state index contributed by atoms with van der Waals surface area (Å²) in [4.78, 5) is 7.15. The third-order valence-electron chi connectivity index (χ3n) is 3.00. The van der Waals surface area contributed by atoms with Crippen LogP contribution in [0.3, 0.4) is 0 Å². The van der Waals surface area contributed by atoms with Crippen LogP contribution in [0, 0.1) is 0 Å². The lowest BCUT2D eigenvalue weighted by Crippen LogP contribution is -2.44. The van der Waals surface area contributed by atoms with E-state index in [1.54, 1.807) is 6.33 Å². The Hall–Kier alpha value is -1.43. The SMILES string of the molecule is CC(C)(CO)NC[C@H](O)c1ccc2nc[nH]c2c1. The zero-order chi connectivity index (χ0) is 13.2. The van der Waals surface area contributed by atoms with E-state index in [4.69, 9.17) is 5.11 Å². The minimum atomic E-state index is -0.608. The first-order chi connectivity index (χ1) is 8.52. The van der Waals surface area contributed by atoms with Crippen LogP contribution in [-0.4, -0.2) is 38.9 Å². The molecule has 2 aromatic rings. The Morgan fingerprint density at radius 2 is 2.22 bits per heavy atom. The van der Waals surface area contributed by atoms with E-state index in [2.05, 4.69) is 15.3 Å². The van der Waals surface area contributed by atoms with Crippen molar-refractivity contribution in [3.63, 3.8) is 0 Å². The molecule has 0 aliphatic rings. The maximum Gasteiger partial charge on any atom is 0.0931 e. The number of fused-ring (bicyclic) bond motifs is 1. The molecule has 18 heavy (non-hydrogen) atoms. The van der Waals surface area contributed by atoms with E-state index in [-0.39, 0.29) is 12.1 Å². The summed E-state index contributed by atoms with van der Waals surface area (Å²) in [5, 5.41) is 22.4. The number of hydrogen-bond acceptors (Lipinski definition) is 4. The van der Waals surface area contributed by atoms with E-state index in [9.17, 15) is 5.11 Å². The molecular weight excluding hydrogens is 230 g/mol. The van der Waals surface area contributed by atoms with Gasteiger partial charge in [0.1, 0.15) is 0 Å². The Balaban J connectivity index is 2.06. The summed E-state index contributed by atoms with van der Waals surface area (Å²) in [5.41, 5.74) is 2.23. The largest absolute Gasteiger partial charge is 0.394 e. The maximum atomic E-state index is 10.1. The summed E-state index contributed by atoms with van der Waals surface area (Å²) in [5.74, 6) is 0. The van der Waals surface area contributed by atoms with Gasteiger partial charge in [0.05, 0.1) is 30.1 Å². The molecule has 5 heteroatoms. The number of H-pyrrole nitrogens is 1. The second-order valence-electron chi connectivity index (χ2n) is 5.12. The number of β-amino-alcohol motifs (C(OH)–C–C–N with tert-alkyl or cyclic N) is 1. The Morgan fingerprint density at radius 3 is 2.94 bits per heavy atom. The van der Waals surface area contributed by atoms with E-state index in [0.717, 1.165) is 16.6 Å². The van der Waals surface area contributed by atoms with Crippen molar-refractivity contribution in [3.8, 4) is 0 Å². The average molecular weight is 249 g/mol. The van der Waals surface area contributed by atoms with Crippen LogP contribution in [-0.2, 0) is 0 Å². The van der Waals surface area contributed by atoms with Crippen molar-refractivity contribution in [3.05, 3.63) is 30.1 Å². The average Bonchev–Trinajstić information content (AvgIpc) is 2.83. The van der Waals surface area contributed by atoms with Gasteiger partial charge in [0.2, 0.25) is 0 Å². The number of nitrogens with one attached hydrogen (secondary N) is 2. The molecule has 98 valence electrons. The predicted molar refractivity (Wildman–Crippen MR) is 70.2 cm³/mol. The molecule has 0 aliphatic heterocycles. The van der Waals surface area contributed by atoms with E-state index in [0.29, 0.717) is 6.54 Å². The molecule has 0 bridgehead atoms. The normalized spacial score (nSPS) is 14.0. The summed E-state index contributed by atoms with van der Waals surface area (Å²) in [7, 11) is 0. The molecule has 0 saturated heterocycles. The van der Waals surface area contributed by atoms with Crippen LogP contribution in [0.4, 0.5) is 0 Å². The number of rotatable bonds is 5. The number of hydrogen-bond donors (Lipinski definition) is 4. The Bertz CT molecular complexity index is 522. The number of nitrogens with zero attached hydrogens (tertiary/aromatic N) is 1. The van der Waals surface area contributed by atoms with Gasteiger partial charge in [-0.05, 0) is 31.5 Å². The number of imidazole rings is 1. The lowest BCUT2D eigenvalue weighted by molar-refractivity contribution is 0.136. The first kappa shape index (κ1) is 13.0. The van der Waals surface area contributed by atoms with Gasteiger partial charge in [-0.1, -0.05) is 6.07 Å². The molecule has 1 heterocycles. The van der Waals surface area contributed by atoms with Gasteiger partial charge in [-0.2, -0.15) is 0 Å². The Morgan fingerprint density at radius 1 is 1.44 bits per heavy atom. The highest BCUT2D eigenvalue weighted by Gasteiger charge is 2.18. The summed E-state index contributed by atoms with van der Waals surface area (Å²) in [6.45, 7) is 4.20. The second-order valence-corrected chi connectivity index (χ2v) is 5.12. The van der Waals surface area contributed by atoms with Gasteiger partial charge in [0.25, 0.3) is 0 Å². The fraction of sp³-hybridized carbons (Fsp3) is 0.462. The highest BCUT2D eigenvalue weighted by Crippen LogP contribution is 2.18. The minimum Gasteiger partial charge on any atom is -0.394 e. The van der Waals surface area contributed by atoms with Crippen molar-refractivity contribution < 1.29 is 10.2 Å². The molecule has 4 N–H and O–H groups in total. The molecule has 0 radical (unpaired) electrons. The summed E-state index contributed by atoms with van der Waals surface area (Å²) in [6, 6.07) is 5.63. The Kier molecular flexibility index (Phi) is 3.65. The van der Waals surface area contributed by atoms with Gasteiger partial charge < -0.3 is 20.5 Å². The number of aromatic nitrogens is 2. The summed E-state index contributed by atoms with van der Waals surface area (Å²) >= 11 is 0. The summed E-state index contributed by atoms with van der Waals surface area (Å²) < 4.78 is 0. The van der Waals surface area contributed by atoms with Gasteiger partial charge >= 0.3 is 0 Å². The smallest absolute Gasteiger partial charge is 0.0931 e. The molecule has 1 aromatic heterocycles. The fourth-order valence-electron chi connectivity index (χ4n) is 1.71. The second kappa shape index (κ2) is 5.06. The van der Waals surface area contributed by atoms with E-state index >= 15 is 0 Å². The van der Waals surface area contributed by atoms with Crippen molar-refractivity contribution in [2.45, 2.75) is 25.5 Å². The topological polar surface area (TPSA) is 81.2 Å². The molecule has 0 saturated carbocycles. The van der Waals surface area contributed by atoms with Gasteiger partial charge in [-0.3, -0.25) is 0 Å². The molecule has 0 fully saturated rings. The van der Waals surface area contributed by atoms with Gasteiger partial charge in [-0.15, -0.1) is 0 Å². The highest BCUT2D eigenvalue weighted by molar-refractivity contribution is 5.75. The van der Waals surface area contributed by atoms with Crippen LogP contribution in [0.5, 0.6) is 0 Å². The van der Waals surface area contributed by atoms with Crippen molar-refractivity contribution in [2.75, 3.05) is 13.2 Å². The van der Waals surface area contributed by atoms with Crippen LogP contribution in [0.15, 0.2) is 24.5 Å². The zero-order valence-electron chi connectivity index (χ0n) is 10.6. The standard InChI is InChI=1S/C13H19N3O2/c1-13(2,7-17)16-6-12(18)9-3-4-10-11(5-9)15-8-14-10/h3-5,8,12,16-18H,6-7H2,1-2H3,(H,14,15)/t12-/m0/s1. The lowest BCUT2D eigenvalue weighted by Gasteiger charge is -2.25. The maximum absolute atomic E-state index is 10.1. The van der Waals surface area contributed by atoms with Crippen molar-refractivity contribution in [1.29, 1.82) is 0 Å². The van der Waals surface area contributed by atoms with Crippen molar-refractivity contribution in [1.82, 2.24) is 15.3 Å². The van der Waals surface area contributed by atoms with Gasteiger partial charge in [0.15, 0.2) is 0 Å². The van der Waals surface area contributed by atoms with Crippen LogP contribution < -0.4 is 5.32 Å². The third-order valence-corrected chi connectivity index (χ3v) is 3.00. The number of aromatic amines is 1. The van der Waals surface area contributed by atoms with Gasteiger partial charge in [0, 0.05) is 12.1 Å². The Labute approximate surface area is 106 Å². The summed E-state index contributed by atoms with van der Waals surface area (Å²) in [6.07, 6.45) is 1.03. The number of aliphatic hydroxyl groups is 2. The van der Waals surface area contributed by atoms with E-state index < -0.39 is 6.10 Å². The molecule has 0 aliphatic carbocycles. The van der Waals surface area contributed by atoms with Crippen molar-refractivity contribution >= 4 is 11.0 Å². The first-order valence-corrected chi connectivity index (χ1v) is 5.99. The molecule has 0 unspecified atom stereocenters. The minimum absolute atomic E-state index is 0.0271. The quantitative estimate of drug-likeness (QED) is 0.636. The fourth-order valence-corrected chi connectivity index (χ4v) is 1.71. The van der Waals surface area contributed by atoms with Crippen LogP contribution >= 0.6 is 0 Å². The first-order valence-electron chi connectivity index (χ1n) is 5.99. The molecule has 2 rings (SSSR count). The molecule has 1 aromatic carbocycles. The van der Waals surface area contributed by atoms with E-state index in [1.165, 1.54) is 0 Å². The molecular formula is C13H19N3O2. The highest BCUT2D eigenvalue weighted by atomic mass is 16.3. The number of benzene rings is 1. The molecule has 0 amide bonds. The predicted octanol–water partition coefficient (Wildman–Crippen LogP) is 0.957. The lowest BCUT2D eigenvalue weighted by atomic mass is 10.0. The molecule has 1 atom stereocenters. The van der Waals surface area contributed by atoms with Crippen molar-refractivity contribution in [2.24, 2.45) is 0 Å². The molecule has 0 spiro atoms. The van der Waals surface area contributed by atoms with Crippen LogP contribution in [0.2, 0.25) is 0 Å².